The second-order valence-corrected chi connectivity index (χ2v) is 8.16. The Hall–Kier alpha value is -2.39. The number of nitrogens with zero attached hydrogens (tertiary/aromatic N) is 3. The summed E-state index contributed by atoms with van der Waals surface area (Å²) in [6.45, 7) is 0.660. The number of aromatic nitrogens is 2. The molecule has 0 saturated carbocycles. The first kappa shape index (κ1) is 19.4. The van der Waals surface area contributed by atoms with Crippen LogP contribution in [0.25, 0.3) is 11.0 Å². The summed E-state index contributed by atoms with van der Waals surface area (Å²) in [5.74, 6) is 0. The van der Waals surface area contributed by atoms with Gasteiger partial charge in [0.05, 0.1) is 5.56 Å². The maximum absolute atomic E-state index is 13.3. The normalized spacial score (nSPS) is 12.8. The number of alkyl halides is 3. The zero-order valence-electron chi connectivity index (χ0n) is 14.7. The Labute approximate surface area is 155 Å². The highest BCUT2D eigenvalue weighted by atomic mass is 32.2. The Morgan fingerprint density at radius 2 is 1.81 bits per heavy atom. The molecule has 0 saturated heterocycles. The summed E-state index contributed by atoms with van der Waals surface area (Å²) in [6, 6.07) is 7.55. The van der Waals surface area contributed by atoms with E-state index in [1.807, 2.05) is 19.0 Å². The summed E-state index contributed by atoms with van der Waals surface area (Å²) in [6.07, 6.45) is -1.46. The van der Waals surface area contributed by atoms with Crippen LogP contribution in [0.5, 0.6) is 0 Å². The molecule has 144 valence electrons. The van der Waals surface area contributed by atoms with Gasteiger partial charge in [-0.05, 0) is 50.3 Å². The Bertz CT molecular complexity index is 1070. The average Bonchev–Trinajstić information content (AvgIpc) is 2.99. The molecule has 0 atom stereocenters. The van der Waals surface area contributed by atoms with E-state index in [0.717, 1.165) is 22.2 Å². The molecule has 0 spiro atoms. The number of benzene rings is 1. The predicted octanol–water partition coefficient (Wildman–Crippen LogP) is 3.40. The third-order valence-corrected chi connectivity index (χ3v) is 5.88. The van der Waals surface area contributed by atoms with Gasteiger partial charge in [0.15, 0.2) is 5.65 Å². The summed E-state index contributed by atoms with van der Waals surface area (Å²) in [7, 11) is -0.711. The molecule has 0 radical (unpaired) electrons. The molecule has 27 heavy (non-hydrogen) atoms. The first-order chi connectivity index (χ1) is 12.6. The maximum Gasteiger partial charge on any atom is 0.417 e. The van der Waals surface area contributed by atoms with Crippen LogP contribution in [0.1, 0.15) is 11.1 Å². The van der Waals surface area contributed by atoms with Crippen LogP contribution in [0.3, 0.4) is 0 Å². The van der Waals surface area contributed by atoms with Gasteiger partial charge in [0.25, 0.3) is 10.0 Å². The molecule has 3 rings (SSSR count). The van der Waals surface area contributed by atoms with E-state index < -0.39 is 26.7 Å². The van der Waals surface area contributed by atoms with Crippen molar-refractivity contribution >= 4 is 21.1 Å². The third-order valence-electron chi connectivity index (χ3n) is 4.17. The minimum atomic E-state index is -4.78. The van der Waals surface area contributed by atoms with Crippen LogP contribution in [-0.4, -0.2) is 42.9 Å². The predicted molar refractivity (Wildman–Crippen MR) is 96.0 cm³/mol. The van der Waals surface area contributed by atoms with Crippen LogP contribution >= 0.6 is 0 Å². The Morgan fingerprint density at radius 1 is 1.11 bits per heavy atom. The van der Waals surface area contributed by atoms with Crippen LogP contribution in [0.15, 0.2) is 53.7 Å². The van der Waals surface area contributed by atoms with Crippen LogP contribution in [0.2, 0.25) is 0 Å². The summed E-state index contributed by atoms with van der Waals surface area (Å²) in [5.41, 5.74) is -0.374. The second kappa shape index (κ2) is 6.97. The minimum Gasteiger partial charge on any atom is -0.309 e. The third kappa shape index (κ3) is 3.70. The molecule has 0 aliphatic heterocycles. The van der Waals surface area contributed by atoms with Crippen molar-refractivity contribution < 1.29 is 21.6 Å². The van der Waals surface area contributed by atoms with Gasteiger partial charge in [0, 0.05) is 24.3 Å². The topological polar surface area (TPSA) is 55.2 Å². The van der Waals surface area contributed by atoms with Gasteiger partial charge in [0.2, 0.25) is 0 Å². The smallest absolute Gasteiger partial charge is 0.309 e. The highest BCUT2D eigenvalue weighted by Crippen LogP contribution is 2.35. The fourth-order valence-electron chi connectivity index (χ4n) is 2.85. The van der Waals surface area contributed by atoms with Gasteiger partial charge in [-0.1, -0.05) is 12.1 Å². The number of hydrogen-bond acceptors (Lipinski definition) is 4. The fraction of sp³-hybridized carbons (Fsp3) is 0.278. The van der Waals surface area contributed by atoms with E-state index in [0.29, 0.717) is 23.9 Å². The highest BCUT2D eigenvalue weighted by molar-refractivity contribution is 7.90. The first-order valence-corrected chi connectivity index (χ1v) is 9.58. The summed E-state index contributed by atoms with van der Waals surface area (Å²) in [4.78, 5) is 5.25. The number of fused-ring (bicyclic) bond motifs is 1. The van der Waals surface area contributed by atoms with Gasteiger partial charge >= 0.3 is 6.18 Å². The van der Waals surface area contributed by atoms with Crippen LogP contribution in [-0.2, 0) is 22.6 Å². The summed E-state index contributed by atoms with van der Waals surface area (Å²) < 4.78 is 67.0. The SMILES string of the molecule is CN(C)CCc1cn(S(=O)(=O)c2ccccc2C(F)(F)F)c2ncccc12. The highest BCUT2D eigenvalue weighted by Gasteiger charge is 2.38. The molecule has 0 aliphatic carbocycles. The lowest BCUT2D eigenvalue weighted by Gasteiger charge is -2.14. The molecule has 5 nitrogen and oxygen atoms in total. The van der Waals surface area contributed by atoms with E-state index in [9.17, 15) is 21.6 Å². The molecule has 9 heteroatoms. The summed E-state index contributed by atoms with van der Waals surface area (Å²) >= 11 is 0. The van der Waals surface area contributed by atoms with Crippen molar-refractivity contribution in [3.05, 3.63) is 59.9 Å². The number of halogens is 3. The van der Waals surface area contributed by atoms with Crippen molar-refractivity contribution in [2.24, 2.45) is 0 Å². The molecular weight excluding hydrogens is 379 g/mol. The van der Waals surface area contributed by atoms with Crippen LogP contribution < -0.4 is 0 Å². The molecule has 0 unspecified atom stereocenters. The van der Waals surface area contributed by atoms with Crippen molar-refractivity contribution in [3.63, 3.8) is 0 Å². The average molecular weight is 397 g/mol. The quantitative estimate of drug-likeness (QED) is 0.662. The van der Waals surface area contributed by atoms with Gasteiger partial charge in [-0.2, -0.15) is 13.2 Å². The first-order valence-electron chi connectivity index (χ1n) is 8.14. The van der Waals surface area contributed by atoms with Gasteiger partial charge in [-0.15, -0.1) is 0 Å². The van der Waals surface area contributed by atoms with Gasteiger partial charge in [-0.3, -0.25) is 0 Å². The van der Waals surface area contributed by atoms with Crippen molar-refractivity contribution in [1.82, 2.24) is 13.9 Å². The summed E-state index contributed by atoms with van der Waals surface area (Å²) in [5, 5.41) is 0.604. The van der Waals surface area contributed by atoms with Crippen molar-refractivity contribution in [3.8, 4) is 0 Å². The maximum atomic E-state index is 13.3. The van der Waals surface area contributed by atoms with Crippen LogP contribution in [0.4, 0.5) is 13.2 Å². The van der Waals surface area contributed by atoms with Gasteiger partial charge in [0.1, 0.15) is 4.90 Å². The van der Waals surface area contributed by atoms with E-state index >= 15 is 0 Å². The Balaban J connectivity index is 2.21. The standard InChI is InChI=1S/C18H18F3N3O2S/c1-23(2)11-9-13-12-24(17-14(13)6-5-10-22-17)27(25,26)16-8-4-3-7-15(16)18(19,20)21/h3-8,10,12H,9,11H2,1-2H3. The molecule has 0 aliphatic rings. The molecule has 1 aromatic carbocycles. The largest absolute Gasteiger partial charge is 0.417 e. The fourth-order valence-corrected chi connectivity index (χ4v) is 4.42. The number of pyridine rings is 1. The molecule has 0 N–H and O–H groups in total. The van der Waals surface area contributed by atoms with E-state index in [2.05, 4.69) is 4.98 Å². The molecule has 2 aromatic heterocycles. The lowest BCUT2D eigenvalue weighted by Crippen LogP contribution is -2.18. The second-order valence-electron chi connectivity index (χ2n) is 6.38. The van der Waals surface area contributed by atoms with Crippen molar-refractivity contribution in [1.29, 1.82) is 0 Å². The zero-order valence-corrected chi connectivity index (χ0v) is 15.5. The zero-order chi connectivity index (χ0) is 19.8. The van der Waals surface area contributed by atoms with Gasteiger partial charge < -0.3 is 4.90 Å². The molecule has 3 aromatic rings. The monoisotopic (exact) mass is 397 g/mol. The number of rotatable bonds is 5. The van der Waals surface area contributed by atoms with E-state index in [1.54, 1.807) is 12.1 Å². The van der Waals surface area contributed by atoms with Crippen LogP contribution in [0, 0.1) is 0 Å². The lowest BCUT2D eigenvalue weighted by atomic mass is 10.1. The van der Waals surface area contributed by atoms with E-state index in [1.165, 1.54) is 18.5 Å². The molecule has 2 heterocycles. The molecular formula is C18H18F3N3O2S. The molecule has 0 bridgehead atoms. The minimum absolute atomic E-state index is 0.114. The van der Waals surface area contributed by atoms with Crippen molar-refractivity contribution in [2.75, 3.05) is 20.6 Å². The Morgan fingerprint density at radius 3 is 2.48 bits per heavy atom. The number of hydrogen-bond donors (Lipinski definition) is 0. The van der Waals surface area contributed by atoms with Crippen molar-refractivity contribution in [2.45, 2.75) is 17.5 Å². The molecule has 0 fully saturated rings. The lowest BCUT2D eigenvalue weighted by molar-refractivity contribution is -0.139. The Kier molecular flexibility index (Phi) is 5.00. The molecule has 0 amide bonds. The van der Waals surface area contributed by atoms with Gasteiger partial charge in [-0.25, -0.2) is 17.4 Å². The van der Waals surface area contributed by atoms with E-state index in [-0.39, 0.29) is 5.65 Å². The van der Waals surface area contributed by atoms with E-state index in [4.69, 9.17) is 0 Å². The number of likely N-dealkylation sites (N-methyl/N-ethyl adjacent to an activating group) is 1.